The predicted octanol–water partition coefficient (Wildman–Crippen LogP) is 5.61. The molecule has 1 heterocycles. The molecule has 7 nitrogen and oxygen atoms in total. The Labute approximate surface area is 237 Å². The molecule has 0 unspecified atom stereocenters. The molecule has 3 N–H and O–H groups in total. The van der Waals surface area contributed by atoms with Crippen LogP contribution in [0, 0.1) is 11.3 Å². The lowest BCUT2D eigenvalue weighted by molar-refractivity contribution is -0.130. The van der Waals surface area contributed by atoms with E-state index in [1.54, 1.807) is 0 Å². The molecule has 220 valence electrons. The summed E-state index contributed by atoms with van der Waals surface area (Å²) in [7, 11) is 0. The molecule has 1 saturated heterocycles. The molecule has 1 aromatic carbocycles. The Hall–Kier alpha value is -2.57. The minimum atomic E-state index is -0.748. The number of aryl methyl sites for hydroxylation is 1. The molecule has 1 aromatic rings. The summed E-state index contributed by atoms with van der Waals surface area (Å²) in [4.78, 5) is 41.7. The summed E-state index contributed by atoms with van der Waals surface area (Å²) >= 11 is 0. The van der Waals surface area contributed by atoms with Gasteiger partial charge in [-0.3, -0.25) is 9.59 Å². The summed E-state index contributed by atoms with van der Waals surface area (Å²) < 4.78 is 0. The zero-order valence-electron chi connectivity index (χ0n) is 25.8. The highest BCUT2D eigenvalue weighted by atomic mass is 16.2. The van der Waals surface area contributed by atoms with E-state index in [1.807, 2.05) is 51.7 Å². The zero-order valence-corrected chi connectivity index (χ0v) is 25.8. The van der Waals surface area contributed by atoms with E-state index in [0.29, 0.717) is 25.9 Å². The standard InChI is InChI=1S/C32H54N4O3/c1-23(2)21-26(34-30(39)36-19-11-9-10-12-20-36)28(37)33-27(29(38)35-32(6,7)8)22-25-15-13-24(14-16-25)17-18-31(3,4)5/h13-16,23,26-27H,9-12,17-22H2,1-8H3,(H,33,37)(H,34,39)(H,35,38)/t26-,27-/m0/s1. The number of hydrogen-bond donors (Lipinski definition) is 3. The van der Waals surface area contributed by atoms with Crippen molar-refractivity contribution in [2.24, 2.45) is 11.3 Å². The normalized spacial score (nSPS) is 16.3. The third-order valence-electron chi connectivity index (χ3n) is 6.97. The third-order valence-corrected chi connectivity index (χ3v) is 6.97. The van der Waals surface area contributed by atoms with Crippen LogP contribution in [0.5, 0.6) is 0 Å². The number of nitrogens with one attached hydrogen (secondary N) is 3. The van der Waals surface area contributed by atoms with Crippen LogP contribution in [0.3, 0.4) is 0 Å². The average Bonchev–Trinajstić information content (AvgIpc) is 3.10. The molecule has 1 fully saturated rings. The van der Waals surface area contributed by atoms with Gasteiger partial charge in [-0.2, -0.15) is 0 Å². The fraction of sp³-hybridized carbons (Fsp3) is 0.719. The number of carbonyl (C=O) groups is 3. The van der Waals surface area contributed by atoms with Gasteiger partial charge in [0.15, 0.2) is 0 Å². The topological polar surface area (TPSA) is 90.5 Å². The van der Waals surface area contributed by atoms with Crippen molar-refractivity contribution in [3.8, 4) is 0 Å². The fourth-order valence-electron chi connectivity index (χ4n) is 4.75. The number of likely N-dealkylation sites (tertiary alicyclic amines) is 1. The van der Waals surface area contributed by atoms with Crippen molar-refractivity contribution in [1.29, 1.82) is 0 Å². The van der Waals surface area contributed by atoms with Gasteiger partial charge >= 0.3 is 6.03 Å². The van der Waals surface area contributed by atoms with Gasteiger partial charge in [0.2, 0.25) is 11.8 Å². The van der Waals surface area contributed by atoms with Crippen molar-refractivity contribution in [2.45, 2.75) is 124 Å². The van der Waals surface area contributed by atoms with E-state index in [4.69, 9.17) is 0 Å². The number of rotatable bonds is 10. The first kappa shape index (κ1) is 32.6. The molecule has 2 rings (SSSR count). The molecule has 0 spiro atoms. The van der Waals surface area contributed by atoms with Crippen LogP contribution in [0.4, 0.5) is 4.79 Å². The second-order valence-corrected chi connectivity index (χ2v) is 13.9. The second kappa shape index (κ2) is 14.7. The van der Waals surface area contributed by atoms with Crippen LogP contribution in [0.15, 0.2) is 24.3 Å². The SMILES string of the molecule is CC(C)C[C@H](NC(=O)N1CCCCCC1)C(=O)N[C@@H](Cc1ccc(CCC(C)(C)C)cc1)C(=O)NC(C)(C)C. The Balaban J connectivity index is 2.16. The van der Waals surface area contributed by atoms with Gasteiger partial charge in [-0.05, 0) is 75.3 Å². The lowest BCUT2D eigenvalue weighted by Crippen LogP contribution is -2.58. The summed E-state index contributed by atoms with van der Waals surface area (Å²) in [6.07, 6.45) is 7.20. The van der Waals surface area contributed by atoms with Crippen LogP contribution in [0.25, 0.3) is 0 Å². The first-order valence-electron chi connectivity index (χ1n) is 14.9. The number of urea groups is 1. The van der Waals surface area contributed by atoms with E-state index in [-0.39, 0.29) is 29.2 Å². The van der Waals surface area contributed by atoms with E-state index in [1.165, 1.54) is 5.56 Å². The van der Waals surface area contributed by atoms with Crippen LogP contribution in [0.1, 0.15) is 105 Å². The number of nitrogens with zero attached hydrogens (tertiary/aromatic N) is 1. The molecule has 4 amide bonds. The average molecular weight is 543 g/mol. The molecule has 1 aliphatic rings. The summed E-state index contributed by atoms with van der Waals surface area (Å²) in [6, 6.07) is 6.68. The molecular formula is C32H54N4O3. The zero-order chi connectivity index (χ0) is 29.2. The predicted molar refractivity (Wildman–Crippen MR) is 160 cm³/mol. The highest BCUT2D eigenvalue weighted by Gasteiger charge is 2.30. The van der Waals surface area contributed by atoms with Crippen LogP contribution >= 0.6 is 0 Å². The van der Waals surface area contributed by atoms with E-state index in [9.17, 15) is 14.4 Å². The monoisotopic (exact) mass is 542 g/mol. The van der Waals surface area contributed by atoms with E-state index in [0.717, 1.165) is 44.1 Å². The third kappa shape index (κ3) is 12.9. The summed E-state index contributed by atoms with van der Waals surface area (Å²) in [5, 5.41) is 8.99. The minimum absolute atomic E-state index is 0.195. The lowest BCUT2D eigenvalue weighted by atomic mass is 9.88. The maximum absolute atomic E-state index is 13.5. The van der Waals surface area contributed by atoms with Crippen molar-refractivity contribution < 1.29 is 14.4 Å². The maximum atomic E-state index is 13.5. The first-order valence-corrected chi connectivity index (χ1v) is 14.9. The molecule has 1 aliphatic heterocycles. The van der Waals surface area contributed by atoms with Crippen molar-refractivity contribution in [2.75, 3.05) is 13.1 Å². The highest BCUT2D eigenvalue weighted by Crippen LogP contribution is 2.22. The molecule has 0 saturated carbocycles. The van der Waals surface area contributed by atoms with E-state index >= 15 is 0 Å². The van der Waals surface area contributed by atoms with Crippen molar-refractivity contribution in [3.05, 3.63) is 35.4 Å². The Kier molecular flexibility index (Phi) is 12.3. The lowest BCUT2D eigenvalue weighted by Gasteiger charge is -2.29. The fourth-order valence-corrected chi connectivity index (χ4v) is 4.75. The number of hydrogen-bond acceptors (Lipinski definition) is 3. The van der Waals surface area contributed by atoms with Gasteiger partial charge in [-0.15, -0.1) is 0 Å². The molecule has 0 radical (unpaired) electrons. The molecule has 7 heteroatoms. The van der Waals surface area contributed by atoms with Gasteiger partial charge in [-0.25, -0.2) is 4.79 Å². The molecule has 0 bridgehead atoms. The number of carbonyl (C=O) groups excluding carboxylic acids is 3. The van der Waals surface area contributed by atoms with Crippen LogP contribution in [-0.4, -0.2) is 53.5 Å². The summed E-state index contributed by atoms with van der Waals surface area (Å²) in [5.74, 6) is -0.342. The number of benzene rings is 1. The van der Waals surface area contributed by atoms with Crippen LogP contribution < -0.4 is 16.0 Å². The van der Waals surface area contributed by atoms with Gasteiger partial charge in [0.05, 0.1) is 0 Å². The van der Waals surface area contributed by atoms with Gasteiger partial charge in [-0.1, -0.05) is 71.7 Å². The van der Waals surface area contributed by atoms with E-state index in [2.05, 4.69) is 48.9 Å². The van der Waals surface area contributed by atoms with E-state index < -0.39 is 17.6 Å². The summed E-state index contributed by atoms with van der Waals surface area (Å²) in [6.45, 7) is 18.0. The van der Waals surface area contributed by atoms with Crippen molar-refractivity contribution in [3.63, 3.8) is 0 Å². The Bertz CT molecular complexity index is 920. The molecule has 0 aromatic heterocycles. The minimum Gasteiger partial charge on any atom is -0.350 e. The molecular weight excluding hydrogens is 488 g/mol. The Morgan fingerprint density at radius 2 is 1.36 bits per heavy atom. The largest absolute Gasteiger partial charge is 0.350 e. The van der Waals surface area contributed by atoms with Crippen molar-refractivity contribution in [1.82, 2.24) is 20.9 Å². The molecule has 0 aliphatic carbocycles. The Morgan fingerprint density at radius 1 is 0.795 bits per heavy atom. The molecule has 39 heavy (non-hydrogen) atoms. The van der Waals surface area contributed by atoms with Crippen LogP contribution in [-0.2, 0) is 22.4 Å². The van der Waals surface area contributed by atoms with Gasteiger partial charge in [0, 0.05) is 25.0 Å². The summed E-state index contributed by atoms with van der Waals surface area (Å²) in [5.41, 5.74) is 2.09. The smallest absolute Gasteiger partial charge is 0.318 e. The second-order valence-electron chi connectivity index (χ2n) is 13.9. The van der Waals surface area contributed by atoms with Gasteiger partial charge < -0.3 is 20.9 Å². The Morgan fingerprint density at radius 3 is 1.87 bits per heavy atom. The molecule has 2 atom stereocenters. The number of amides is 4. The van der Waals surface area contributed by atoms with Crippen LogP contribution in [0.2, 0.25) is 0 Å². The first-order chi connectivity index (χ1) is 18.1. The quantitative estimate of drug-likeness (QED) is 0.359. The highest BCUT2D eigenvalue weighted by molar-refractivity contribution is 5.92. The van der Waals surface area contributed by atoms with Gasteiger partial charge in [0.1, 0.15) is 12.1 Å². The van der Waals surface area contributed by atoms with Gasteiger partial charge in [0.25, 0.3) is 0 Å². The van der Waals surface area contributed by atoms with Crippen molar-refractivity contribution >= 4 is 17.8 Å². The maximum Gasteiger partial charge on any atom is 0.318 e.